The van der Waals surface area contributed by atoms with Crippen LogP contribution in [0.4, 0.5) is 13.2 Å². The highest BCUT2D eigenvalue weighted by molar-refractivity contribution is 5.96. The quantitative estimate of drug-likeness (QED) is 0.111. The molecular weight excluding hydrogens is 635 g/mol. The van der Waals surface area contributed by atoms with Gasteiger partial charge in [-0.05, 0) is 62.8 Å². The molecule has 0 aliphatic carbocycles. The largest absolute Gasteiger partial charge is 0.493 e. The molecule has 2 unspecified atom stereocenters. The Morgan fingerprint density at radius 2 is 1.69 bits per heavy atom. The first kappa shape index (κ1) is 36.8. The number of H-pyrrole nitrogens is 1. The van der Waals surface area contributed by atoms with Crippen molar-refractivity contribution in [3.63, 3.8) is 0 Å². The number of rotatable bonds is 12. The third-order valence-corrected chi connectivity index (χ3v) is 6.85. The number of amidine groups is 1. The van der Waals surface area contributed by atoms with Crippen LogP contribution in [0, 0.1) is 5.41 Å². The van der Waals surface area contributed by atoms with E-state index in [9.17, 15) is 22.8 Å². The summed E-state index contributed by atoms with van der Waals surface area (Å²) < 4.78 is 44.7. The van der Waals surface area contributed by atoms with Crippen LogP contribution in [0.1, 0.15) is 45.7 Å². The lowest BCUT2D eigenvalue weighted by Crippen LogP contribution is -2.28. The number of carboxylic acids is 1. The van der Waals surface area contributed by atoms with Gasteiger partial charge in [0.05, 0.1) is 18.4 Å². The molecule has 4 aromatic rings. The highest BCUT2D eigenvalue weighted by Gasteiger charge is 2.38. The fourth-order valence-electron chi connectivity index (χ4n) is 4.72. The molecule has 0 aliphatic heterocycles. The van der Waals surface area contributed by atoms with Crippen LogP contribution in [-0.2, 0) is 11.2 Å². The molecule has 0 bridgehead atoms. The average Bonchev–Trinajstić information content (AvgIpc) is 3.40. The van der Waals surface area contributed by atoms with Crippen molar-refractivity contribution in [2.24, 2.45) is 11.5 Å². The molecule has 0 radical (unpaired) electrons. The van der Waals surface area contributed by atoms with E-state index in [2.05, 4.69) is 10.1 Å². The van der Waals surface area contributed by atoms with Crippen LogP contribution in [0.2, 0.25) is 0 Å². The third-order valence-electron chi connectivity index (χ3n) is 6.85. The number of hydrogen-bond acceptors (Lipinski definition) is 8. The lowest BCUT2D eigenvalue weighted by molar-refractivity contribution is -0.192. The standard InChI is InChI=1S/C30H35N7O4.C2HF3O2/c1-18(17-36(2)3)41-25-14-13-21(16-26(25)40-4)23(15-19-9-11-20(12-10-19)27(31)32)29-34-30(39)37(35-29)24-8-6-5-7-22(24)28(33)38;3-2(4,5)1(6)7/h5-14,16,18,23H,15,17H2,1-4H3,(H3,31,32)(H2,33,38)(H,34,35,39);(H,6,7). The molecule has 3 aromatic carbocycles. The Hall–Kier alpha value is -5.64. The predicted octanol–water partition coefficient (Wildman–Crippen LogP) is 3.29. The Labute approximate surface area is 273 Å². The van der Waals surface area contributed by atoms with Gasteiger partial charge in [-0.3, -0.25) is 15.2 Å². The SMILES string of the molecule is COc1cc(C(Cc2ccc(C(=N)N)cc2)c2nn(-c3ccccc3C(N)=O)c(=O)[nH]2)ccc1OC(C)CN(C)C.O=C(O)C(F)(F)F. The Morgan fingerprint density at radius 3 is 2.23 bits per heavy atom. The molecule has 1 heterocycles. The smallest absolute Gasteiger partial charge is 0.490 e. The van der Waals surface area contributed by atoms with Crippen LogP contribution < -0.4 is 26.6 Å². The number of aromatic amines is 1. The number of aromatic nitrogens is 3. The average molecular weight is 672 g/mol. The molecule has 48 heavy (non-hydrogen) atoms. The van der Waals surface area contributed by atoms with Crippen LogP contribution >= 0.6 is 0 Å². The van der Waals surface area contributed by atoms with Crippen LogP contribution in [0.25, 0.3) is 5.69 Å². The summed E-state index contributed by atoms with van der Waals surface area (Å²) in [6.07, 6.45) is -4.69. The molecular formula is C32H36F3N7O6. The first-order valence-corrected chi connectivity index (χ1v) is 14.3. The van der Waals surface area contributed by atoms with E-state index < -0.39 is 29.7 Å². The van der Waals surface area contributed by atoms with E-state index in [0.29, 0.717) is 29.3 Å². The molecule has 0 fully saturated rings. The van der Waals surface area contributed by atoms with Crippen molar-refractivity contribution in [2.45, 2.75) is 31.5 Å². The second-order valence-electron chi connectivity index (χ2n) is 10.9. The molecule has 13 nitrogen and oxygen atoms in total. The number of nitrogens with zero attached hydrogens (tertiary/aromatic N) is 3. The number of methoxy groups -OCH3 is 1. The molecule has 0 spiro atoms. The summed E-state index contributed by atoms with van der Waals surface area (Å²) in [6.45, 7) is 2.72. The highest BCUT2D eigenvalue weighted by Crippen LogP contribution is 2.35. The topological polar surface area (TPSA) is 203 Å². The molecule has 4 rings (SSSR count). The zero-order valence-corrected chi connectivity index (χ0v) is 26.5. The van der Waals surface area contributed by atoms with Crippen molar-refractivity contribution in [3.05, 3.63) is 105 Å². The maximum atomic E-state index is 13.1. The van der Waals surface area contributed by atoms with Gasteiger partial charge < -0.3 is 30.9 Å². The van der Waals surface area contributed by atoms with Crippen LogP contribution in [-0.4, -0.2) is 82.5 Å². The van der Waals surface area contributed by atoms with Crippen molar-refractivity contribution in [1.82, 2.24) is 19.7 Å². The zero-order valence-electron chi connectivity index (χ0n) is 26.5. The third kappa shape index (κ3) is 9.68. The van der Waals surface area contributed by atoms with E-state index in [-0.39, 0.29) is 23.2 Å². The van der Waals surface area contributed by atoms with Gasteiger partial charge in [-0.2, -0.15) is 17.9 Å². The first-order valence-electron chi connectivity index (χ1n) is 14.3. The number of ether oxygens (including phenoxy) is 2. The number of nitrogen functional groups attached to an aromatic ring is 1. The number of para-hydroxylation sites is 1. The number of hydrogen-bond donors (Lipinski definition) is 5. The van der Waals surface area contributed by atoms with Gasteiger partial charge in [-0.1, -0.05) is 42.5 Å². The number of alkyl halides is 3. The second kappa shape index (κ2) is 15.8. The lowest BCUT2D eigenvalue weighted by atomic mass is 9.90. The Balaban J connectivity index is 0.000000804. The maximum absolute atomic E-state index is 13.1. The van der Waals surface area contributed by atoms with Gasteiger partial charge in [-0.25, -0.2) is 9.59 Å². The van der Waals surface area contributed by atoms with Gasteiger partial charge in [0.2, 0.25) is 0 Å². The molecule has 0 aliphatic rings. The summed E-state index contributed by atoms with van der Waals surface area (Å²) in [6, 6.07) is 19.5. The van der Waals surface area contributed by atoms with E-state index in [1.54, 1.807) is 43.5 Å². The summed E-state index contributed by atoms with van der Waals surface area (Å²) in [7, 11) is 5.54. The van der Waals surface area contributed by atoms with E-state index >= 15 is 0 Å². The summed E-state index contributed by atoms with van der Waals surface area (Å²) >= 11 is 0. The van der Waals surface area contributed by atoms with E-state index in [1.165, 1.54) is 0 Å². The summed E-state index contributed by atoms with van der Waals surface area (Å²) in [4.78, 5) is 39.0. The first-order chi connectivity index (χ1) is 22.5. The van der Waals surface area contributed by atoms with Crippen LogP contribution in [0.3, 0.4) is 0 Å². The van der Waals surface area contributed by atoms with Crippen LogP contribution in [0.15, 0.2) is 71.5 Å². The van der Waals surface area contributed by atoms with Gasteiger partial charge in [0.15, 0.2) is 11.5 Å². The molecule has 7 N–H and O–H groups in total. The number of carbonyl (C=O) groups excluding carboxylic acids is 1. The molecule has 2 atom stereocenters. The molecule has 256 valence electrons. The number of nitrogens with two attached hydrogens (primary N) is 2. The lowest BCUT2D eigenvalue weighted by Gasteiger charge is -2.22. The van der Waals surface area contributed by atoms with Crippen molar-refractivity contribution in [3.8, 4) is 17.2 Å². The fraction of sp³-hybridized carbons (Fsp3) is 0.281. The van der Waals surface area contributed by atoms with Gasteiger partial charge in [0.1, 0.15) is 17.8 Å². The second-order valence-corrected chi connectivity index (χ2v) is 10.9. The van der Waals surface area contributed by atoms with E-state index in [1.807, 2.05) is 56.3 Å². The summed E-state index contributed by atoms with van der Waals surface area (Å²) in [5, 5.41) is 19.4. The van der Waals surface area contributed by atoms with Crippen molar-refractivity contribution >= 4 is 17.7 Å². The number of primary amides is 1. The number of aliphatic carboxylic acids is 1. The van der Waals surface area contributed by atoms with E-state index in [4.69, 9.17) is 36.3 Å². The van der Waals surface area contributed by atoms with Gasteiger partial charge in [-0.15, -0.1) is 5.10 Å². The molecule has 1 aromatic heterocycles. The minimum absolute atomic E-state index is 0.0203. The van der Waals surface area contributed by atoms with Gasteiger partial charge >= 0.3 is 17.8 Å². The highest BCUT2D eigenvalue weighted by atomic mass is 19.4. The fourth-order valence-corrected chi connectivity index (χ4v) is 4.72. The Morgan fingerprint density at radius 1 is 1.06 bits per heavy atom. The summed E-state index contributed by atoms with van der Waals surface area (Å²) in [5.41, 5.74) is 13.5. The predicted molar refractivity (Wildman–Crippen MR) is 171 cm³/mol. The van der Waals surface area contributed by atoms with E-state index in [0.717, 1.165) is 22.4 Å². The molecule has 0 saturated heterocycles. The monoisotopic (exact) mass is 671 g/mol. The molecule has 0 saturated carbocycles. The van der Waals surface area contributed by atoms with Gasteiger partial charge in [0, 0.05) is 18.0 Å². The minimum Gasteiger partial charge on any atom is -0.493 e. The molecule has 1 amide bonds. The summed E-state index contributed by atoms with van der Waals surface area (Å²) in [5.74, 6) is -2.31. The van der Waals surface area contributed by atoms with Crippen LogP contribution in [0.5, 0.6) is 11.5 Å². The van der Waals surface area contributed by atoms with Crippen molar-refractivity contribution < 1.29 is 37.3 Å². The Kier molecular flexibility index (Phi) is 12.1. The number of carboxylic acid groups (broad SMARTS) is 1. The van der Waals surface area contributed by atoms with Gasteiger partial charge in [0.25, 0.3) is 5.91 Å². The minimum atomic E-state index is -5.08. The van der Waals surface area contributed by atoms with Crippen molar-refractivity contribution in [2.75, 3.05) is 27.7 Å². The number of halogens is 3. The number of benzene rings is 3. The van der Waals surface area contributed by atoms with Crippen molar-refractivity contribution in [1.29, 1.82) is 5.41 Å². The number of carbonyl (C=O) groups is 2. The number of amides is 1. The number of likely N-dealkylation sites (N-methyl/N-ethyl adjacent to an activating group) is 1. The Bertz CT molecular complexity index is 1800. The zero-order chi connectivity index (χ0) is 35.8. The maximum Gasteiger partial charge on any atom is 0.490 e. The molecule has 16 heteroatoms. The normalized spacial score (nSPS) is 12.4. The number of nitrogens with one attached hydrogen (secondary N) is 2.